The van der Waals surface area contributed by atoms with E-state index in [1.807, 2.05) is 0 Å². The van der Waals surface area contributed by atoms with E-state index in [1.165, 1.54) is 14.0 Å². The third-order valence-corrected chi connectivity index (χ3v) is 2.58. The Morgan fingerprint density at radius 1 is 1.47 bits per heavy atom. The zero-order valence-electron chi connectivity index (χ0n) is 10.2. The maximum absolute atomic E-state index is 12.1. The van der Waals surface area contributed by atoms with Gasteiger partial charge in [-0.25, -0.2) is 4.98 Å². The van der Waals surface area contributed by atoms with Gasteiger partial charge in [0.25, 0.3) is 0 Å². The van der Waals surface area contributed by atoms with Gasteiger partial charge in [-0.3, -0.25) is 4.79 Å². The van der Waals surface area contributed by atoms with Crippen molar-refractivity contribution in [2.75, 3.05) is 7.11 Å². The van der Waals surface area contributed by atoms with Crippen LogP contribution in [0, 0.1) is 6.92 Å². The highest BCUT2D eigenvalue weighted by molar-refractivity contribution is 6.17. The summed E-state index contributed by atoms with van der Waals surface area (Å²) in [5, 5.41) is 0. The highest BCUT2D eigenvalue weighted by Gasteiger charge is 2.32. The zero-order valence-corrected chi connectivity index (χ0v) is 10.9. The van der Waals surface area contributed by atoms with Crippen LogP contribution in [0.25, 0.3) is 0 Å². The fourth-order valence-corrected chi connectivity index (χ4v) is 1.84. The van der Waals surface area contributed by atoms with E-state index in [0.29, 0.717) is 11.1 Å². The number of carbonyl (C=O) groups is 1. The molecule has 106 valence electrons. The van der Waals surface area contributed by atoms with Gasteiger partial charge in [0.1, 0.15) is 0 Å². The van der Waals surface area contributed by atoms with E-state index < -0.39 is 18.2 Å². The second kappa shape index (κ2) is 6.10. The molecule has 0 radical (unpaired) electrons. The molecule has 1 aromatic heterocycles. The molecule has 1 heterocycles. The molecule has 0 atom stereocenters. The number of ether oxygens (including phenoxy) is 2. The van der Waals surface area contributed by atoms with E-state index in [2.05, 4.69) is 14.5 Å². The van der Waals surface area contributed by atoms with E-state index in [4.69, 9.17) is 11.6 Å². The second-order valence-electron chi connectivity index (χ2n) is 3.62. The van der Waals surface area contributed by atoms with Crippen molar-refractivity contribution >= 4 is 17.6 Å². The number of carbonyl (C=O) groups excluding carboxylic acids is 1. The molecule has 0 aromatic carbocycles. The molecule has 0 saturated heterocycles. The summed E-state index contributed by atoms with van der Waals surface area (Å²) in [6.07, 6.45) is -5.04. The Morgan fingerprint density at radius 3 is 2.58 bits per heavy atom. The van der Waals surface area contributed by atoms with Gasteiger partial charge in [-0.15, -0.1) is 24.8 Å². The summed E-state index contributed by atoms with van der Waals surface area (Å²) in [7, 11) is 1.18. The number of halogens is 4. The van der Waals surface area contributed by atoms with Crippen LogP contribution in [0.1, 0.15) is 16.8 Å². The molecule has 0 fully saturated rings. The van der Waals surface area contributed by atoms with Gasteiger partial charge in [0, 0.05) is 17.6 Å². The van der Waals surface area contributed by atoms with Crippen LogP contribution >= 0.6 is 11.6 Å². The first-order valence-corrected chi connectivity index (χ1v) is 5.68. The van der Waals surface area contributed by atoms with Crippen LogP contribution in [0.2, 0.25) is 0 Å². The molecule has 0 aliphatic heterocycles. The van der Waals surface area contributed by atoms with Crippen molar-refractivity contribution < 1.29 is 27.4 Å². The van der Waals surface area contributed by atoms with Crippen molar-refractivity contribution in [3.63, 3.8) is 0 Å². The van der Waals surface area contributed by atoms with Gasteiger partial charge in [-0.05, 0) is 18.1 Å². The average molecular weight is 298 g/mol. The number of methoxy groups -OCH3 is 1. The largest absolute Gasteiger partial charge is 0.574 e. The van der Waals surface area contributed by atoms with Crippen LogP contribution in [0.15, 0.2) is 6.07 Å². The first-order chi connectivity index (χ1) is 8.76. The van der Waals surface area contributed by atoms with E-state index >= 15 is 0 Å². The SMILES string of the molecule is COC(=O)Cc1cc(OC(F)(F)F)nc(C)c1CCl. The Balaban J connectivity index is 3.14. The molecule has 1 aromatic rings. The zero-order chi connectivity index (χ0) is 14.6. The molecule has 0 bridgehead atoms. The molecular formula is C11H11ClF3NO3. The number of aromatic nitrogens is 1. The summed E-state index contributed by atoms with van der Waals surface area (Å²) in [5.41, 5.74) is 1.06. The van der Waals surface area contributed by atoms with Crippen molar-refractivity contribution in [2.24, 2.45) is 0 Å². The molecule has 1 rings (SSSR count). The number of alkyl halides is 4. The Kier molecular flexibility index (Phi) is 4.99. The van der Waals surface area contributed by atoms with Gasteiger partial charge >= 0.3 is 12.3 Å². The standard InChI is InChI=1S/C11H11ClF3NO3/c1-6-8(5-12)7(4-10(17)18-2)3-9(16-6)19-11(13,14)15/h3H,4-5H2,1-2H3. The van der Waals surface area contributed by atoms with Gasteiger partial charge < -0.3 is 9.47 Å². The lowest BCUT2D eigenvalue weighted by Gasteiger charge is -2.13. The van der Waals surface area contributed by atoms with Gasteiger partial charge in [0.15, 0.2) is 0 Å². The average Bonchev–Trinajstić information content (AvgIpc) is 2.26. The van der Waals surface area contributed by atoms with Gasteiger partial charge in [0.2, 0.25) is 5.88 Å². The fourth-order valence-electron chi connectivity index (χ4n) is 1.47. The van der Waals surface area contributed by atoms with Crippen molar-refractivity contribution in [3.8, 4) is 5.88 Å². The predicted octanol–water partition coefficient (Wildman–Crippen LogP) is 2.74. The maximum atomic E-state index is 12.1. The van der Waals surface area contributed by atoms with Crippen LogP contribution in [-0.2, 0) is 21.8 Å². The number of esters is 1. The lowest BCUT2D eigenvalue weighted by atomic mass is 10.1. The Bertz CT molecular complexity index is 477. The first-order valence-electron chi connectivity index (χ1n) is 5.14. The van der Waals surface area contributed by atoms with Crippen LogP contribution in [0.3, 0.4) is 0 Å². The van der Waals surface area contributed by atoms with Crippen LogP contribution < -0.4 is 4.74 Å². The quantitative estimate of drug-likeness (QED) is 0.633. The van der Waals surface area contributed by atoms with Crippen LogP contribution in [-0.4, -0.2) is 24.4 Å². The summed E-state index contributed by atoms with van der Waals surface area (Å²) >= 11 is 5.69. The van der Waals surface area contributed by atoms with Gasteiger partial charge in [-0.1, -0.05) is 0 Å². The van der Waals surface area contributed by atoms with Crippen molar-refractivity contribution in [1.82, 2.24) is 4.98 Å². The highest BCUT2D eigenvalue weighted by Crippen LogP contribution is 2.26. The summed E-state index contributed by atoms with van der Waals surface area (Å²) < 4.78 is 44.6. The number of nitrogens with zero attached hydrogens (tertiary/aromatic N) is 1. The van der Waals surface area contributed by atoms with E-state index in [1.54, 1.807) is 0 Å². The van der Waals surface area contributed by atoms with Crippen LogP contribution in [0.4, 0.5) is 13.2 Å². The van der Waals surface area contributed by atoms with E-state index in [9.17, 15) is 18.0 Å². The van der Waals surface area contributed by atoms with Crippen molar-refractivity contribution in [2.45, 2.75) is 25.6 Å². The van der Waals surface area contributed by atoms with Crippen LogP contribution in [0.5, 0.6) is 5.88 Å². The Hall–Kier alpha value is -1.50. The van der Waals surface area contributed by atoms with E-state index in [-0.39, 0.29) is 18.0 Å². The minimum Gasteiger partial charge on any atom is -0.469 e. The molecular weight excluding hydrogens is 287 g/mol. The first kappa shape index (κ1) is 15.6. The summed E-state index contributed by atoms with van der Waals surface area (Å²) in [6.45, 7) is 1.49. The lowest BCUT2D eigenvalue weighted by molar-refractivity contribution is -0.276. The third kappa shape index (κ3) is 4.59. The molecule has 0 N–H and O–H groups in total. The minimum atomic E-state index is -4.84. The highest BCUT2D eigenvalue weighted by atomic mass is 35.5. The molecule has 0 saturated carbocycles. The number of aryl methyl sites for hydroxylation is 1. The molecule has 4 nitrogen and oxygen atoms in total. The molecule has 0 amide bonds. The molecule has 0 spiro atoms. The Labute approximate surface area is 112 Å². The predicted molar refractivity (Wildman–Crippen MR) is 60.9 cm³/mol. The molecule has 0 aliphatic carbocycles. The molecule has 0 unspecified atom stereocenters. The van der Waals surface area contributed by atoms with Crippen molar-refractivity contribution in [3.05, 3.63) is 22.9 Å². The van der Waals surface area contributed by atoms with E-state index in [0.717, 1.165) is 6.07 Å². The maximum Gasteiger partial charge on any atom is 0.574 e. The topological polar surface area (TPSA) is 48.4 Å². The molecule has 8 heteroatoms. The monoisotopic (exact) mass is 297 g/mol. The summed E-state index contributed by atoms with van der Waals surface area (Å²) in [5.74, 6) is -1.19. The number of pyridine rings is 1. The smallest absolute Gasteiger partial charge is 0.469 e. The number of rotatable bonds is 4. The molecule has 19 heavy (non-hydrogen) atoms. The lowest BCUT2D eigenvalue weighted by Crippen LogP contribution is -2.19. The molecule has 0 aliphatic rings. The normalized spacial score (nSPS) is 11.3. The second-order valence-corrected chi connectivity index (χ2v) is 3.89. The van der Waals surface area contributed by atoms with Gasteiger partial charge in [0.05, 0.1) is 13.5 Å². The summed E-state index contributed by atoms with van der Waals surface area (Å²) in [6, 6.07) is 1.04. The third-order valence-electron chi connectivity index (χ3n) is 2.32. The number of hydrogen-bond acceptors (Lipinski definition) is 4. The fraction of sp³-hybridized carbons (Fsp3) is 0.455. The van der Waals surface area contributed by atoms with Gasteiger partial charge in [-0.2, -0.15) is 0 Å². The summed E-state index contributed by atoms with van der Waals surface area (Å²) in [4.78, 5) is 14.9. The Morgan fingerprint density at radius 2 is 2.11 bits per heavy atom. The minimum absolute atomic E-state index is 0.0253. The van der Waals surface area contributed by atoms with Crippen molar-refractivity contribution in [1.29, 1.82) is 0 Å². The number of hydrogen-bond donors (Lipinski definition) is 0.